The van der Waals surface area contributed by atoms with E-state index in [-0.39, 0.29) is 16.0 Å². The first-order valence-corrected chi connectivity index (χ1v) is 16.9. The van der Waals surface area contributed by atoms with Crippen LogP contribution < -0.4 is 9.64 Å². The molecule has 0 N–H and O–H groups in total. The summed E-state index contributed by atoms with van der Waals surface area (Å²) in [4.78, 5) is 13.5. The van der Waals surface area contributed by atoms with E-state index in [1.807, 2.05) is 18.2 Å². The van der Waals surface area contributed by atoms with E-state index in [9.17, 15) is 10.1 Å². The molecule has 0 bridgehead atoms. The predicted octanol–water partition coefficient (Wildman–Crippen LogP) is 11.1. The van der Waals surface area contributed by atoms with Crippen molar-refractivity contribution in [2.75, 3.05) is 11.4 Å². The van der Waals surface area contributed by atoms with Gasteiger partial charge >= 0.3 is 0 Å². The van der Waals surface area contributed by atoms with Crippen molar-refractivity contribution in [2.24, 2.45) is 0 Å². The molecule has 230 valence electrons. The van der Waals surface area contributed by atoms with Crippen LogP contribution in [0.3, 0.4) is 0 Å². The van der Waals surface area contributed by atoms with E-state index in [0.717, 1.165) is 35.1 Å². The predicted molar refractivity (Wildman–Crippen MR) is 180 cm³/mol. The summed E-state index contributed by atoms with van der Waals surface area (Å²) in [7, 11) is 0. The van der Waals surface area contributed by atoms with Gasteiger partial charge in [-0.15, -0.1) is 0 Å². The zero-order chi connectivity index (χ0) is 30.3. The third-order valence-electron chi connectivity index (χ3n) is 9.86. The normalized spacial score (nSPS) is 18.2. The van der Waals surface area contributed by atoms with Crippen LogP contribution in [-0.2, 0) is 5.41 Å². The highest BCUT2D eigenvalue weighted by Crippen LogP contribution is 2.55. The lowest BCUT2D eigenvalue weighted by Crippen LogP contribution is -2.59. The third-order valence-corrected chi connectivity index (χ3v) is 9.86. The highest BCUT2D eigenvalue weighted by Gasteiger charge is 2.58. The number of ether oxygens (including phenoxy) is 1. The minimum Gasteiger partial charge on any atom is -0.463 e. The molecule has 1 atom stereocenters. The number of rotatable bonds is 16. The number of hydrogen-bond acceptors (Lipinski definition) is 4. The summed E-state index contributed by atoms with van der Waals surface area (Å²) in [5, 5.41) is 13.1. The molecule has 0 saturated carbocycles. The summed E-state index contributed by atoms with van der Waals surface area (Å²) in [6.07, 6.45) is 23.4. The highest BCUT2D eigenvalue weighted by molar-refractivity contribution is 5.95. The van der Waals surface area contributed by atoms with Gasteiger partial charge < -0.3 is 9.64 Å². The highest BCUT2D eigenvalue weighted by atomic mass is 16.6. The molecule has 0 amide bonds. The molecule has 1 unspecified atom stereocenters. The van der Waals surface area contributed by atoms with Gasteiger partial charge in [0, 0.05) is 29.9 Å². The summed E-state index contributed by atoms with van der Waals surface area (Å²) in [5.74, 6) is 0.829. The molecule has 2 aliphatic rings. The topological polar surface area (TPSA) is 55.6 Å². The minimum absolute atomic E-state index is 0.108. The Kier molecular flexibility index (Phi) is 10.1. The van der Waals surface area contributed by atoms with E-state index in [0.29, 0.717) is 0 Å². The molecular weight excluding hydrogens is 532 g/mol. The van der Waals surface area contributed by atoms with Crippen molar-refractivity contribution in [3.63, 3.8) is 0 Å². The summed E-state index contributed by atoms with van der Waals surface area (Å²) in [5.41, 5.74) is 2.77. The molecule has 0 radical (unpaired) electrons. The molecule has 5 heteroatoms. The van der Waals surface area contributed by atoms with Crippen molar-refractivity contribution < 1.29 is 9.66 Å². The number of fused-ring (bicyclic) bond motifs is 4. The molecule has 3 aromatic rings. The zero-order valence-electron chi connectivity index (χ0n) is 26.6. The molecule has 1 spiro atoms. The molecule has 0 aromatic heterocycles. The Morgan fingerprint density at radius 3 is 2.07 bits per heavy atom. The molecule has 0 fully saturated rings. The monoisotopic (exact) mass is 582 g/mol. The van der Waals surface area contributed by atoms with Gasteiger partial charge in [0.25, 0.3) is 5.69 Å². The number of nitro benzene ring substituents is 1. The molecule has 2 heterocycles. The average molecular weight is 583 g/mol. The van der Waals surface area contributed by atoms with Gasteiger partial charge in [-0.25, -0.2) is 0 Å². The van der Waals surface area contributed by atoms with Crippen LogP contribution in [0.5, 0.6) is 5.75 Å². The van der Waals surface area contributed by atoms with Crippen molar-refractivity contribution in [3.05, 3.63) is 81.9 Å². The zero-order valence-corrected chi connectivity index (χ0v) is 26.6. The van der Waals surface area contributed by atoms with Crippen molar-refractivity contribution in [3.8, 4) is 5.75 Å². The molecule has 5 rings (SSSR count). The van der Waals surface area contributed by atoms with Crippen LogP contribution in [0.2, 0.25) is 0 Å². The second-order valence-electron chi connectivity index (χ2n) is 13.2. The molecule has 0 aliphatic carbocycles. The Labute approximate surface area is 258 Å². The first kappa shape index (κ1) is 31.1. The number of benzene rings is 3. The maximum atomic E-state index is 11.3. The van der Waals surface area contributed by atoms with Gasteiger partial charge in [-0.05, 0) is 67.0 Å². The summed E-state index contributed by atoms with van der Waals surface area (Å²) < 4.78 is 7.05. The van der Waals surface area contributed by atoms with Crippen LogP contribution in [0.4, 0.5) is 11.4 Å². The van der Waals surface area contributed by atoms with Gasteiger partial charge in [-0.3, -0.25) is 10.1 Å². The number of anilines is 1. The number of hydrogen-bond donors (Lipinski definition) is 0. The summed E-state index contributed by atoms with van der Waals surface area (Å²) in [6, 6.07) is 17.7. The Hall–Kier alpha value is -3.34. The van der Waals surface area contributed by atoms with Crippen molar-refractivity contribution in [1.29, 1.82) is 0 Å². The van der Waals surface area contributed by atoms with E-state index >= 15 is 0 Å². The first-order valence-electron chi connectivity index (χ1n) is 16.9. The number of unbranched alkanes of at least 4 members (excludes halogenated alkanes) is 13. The van der Waals surface area contributed by atoms with E-state index in [2.05, 4.69) is 62.1 Å². The van der Waals surface area contributed by atoms with Gasteiger partial charge in [-0.2, -0.15) is 0 Å². The van der Waals surface area contributed by atoms with E-state index in [4.69, 9.17) is 4.74 Å². The molecule has 3 aromatic carbocycles. The summed E-state index contributed by atoms with van der Waals surface area (Å²) in [6.45, 7) is 7.80. The smallest absolute Gasteiger partial charge is 0.270 e. The first-order chi connectivity index (χ1) is 20.9. The Bertz CT molecular complexity index is 1430. The fourth-order valence-corrected chi connectivity index (χ4v) is 7.27. The quantitative estimate of drug-likeness (QED) is 0.0957. The van der Waals surface area contributed by atoms with Gasteiger partial charge in [0.1, 0.15) is 5.75 Å². The van der Waals surface area contributed by atoms with Crippen LogP contribution in [-0.4, -0.2) is 17.2 Å². The van der Waals surface area contributed by atoms with Crippen molar-refractivity contribution in [2.45, 2.75) is 122 Å². The number of para-hydroxylation sites is 1. The van der Waals surface area contributed by atoms with Gasteiger partial charge in [-0.1, -0.05) is 115 Å². The van der Waals surface area contributed by atoms with Crippen LogP contribution >= 0.6 is 0 Å². The largest absolute Gasteiger partial charge is 0.463 e. The fourth-order valence-electron chi connectivity index (χ4n) is 7.27. The SMILES string of the molecule is CCCCCCCCCCCCCCCCN1c2ccccc2C(C)(C)C12C=Cc1c(ccc3cc([N+](=O)[O-])ccc13)O2. The van der Waals surface area contributed by atoms with E-state index in [1.165, 1.54) is 94.7 Å². The van der Waals surface area contributed by atoms with Crippen LogP contribution in [0.25, 0.3) is 16.8 Å². The second kappa shape index (κ2) is 14.0. The lowest BCUT2D eigenvalue weighted by Gasteiger charge is -2.47. The van der Waals surface area contributed by atoms with E-state index < -0.39 is 5.72 Å². The molecular formula is C38H50N2O3. The Morgan fingerprint density at radius 2 is 1.42 bits per heavy atom. The van der Waals surface area contributed by atoms with Gasteiger partial charge in [0.05, 0.1) is 10.3 Å². The fraction of sp³-hybridized carbons (Fsp3) is 0.526. The van der Waals surface area contributed by atoms with Gasteiger partial charge in [0.15, 0.2) is 0 Å². The van der Waals surface area contributed by atoms with E-state index in [1.54, 1.807) is 12.1 Å². The van der Waals surface area contributed by atoms with Crippen molar-refractivity contribution in [1.82, 2.24) is 0 Å². The number of non-ortho nitro benzene ring substituents is 1. The van der Waals surface area contributed by atoms with Crippen molar-refractivity contribution >= 4 is 28.2 Å². The molecule has 0 saturated heterocycles. The maximum Gasteiger partial charge on any atom is 0.270 e. The standard InChI is InChI=1S/C38H50N2O3/c1-4-5-6-7-8-9-10-11-12-13-14-15-16-19-28-39-35-21-18-17-20-34(35)37(2,3)38(39)27-26-33-32-24-23-31(40(41)42)29-30(32)22-25-36(33)43-38/h17-18,20-27,29H,4-16,19,28H2,1-3H3. The third kappa shape index (κ3) is 6.46. The Balaban J connectivity index is 1.20. The summed E-state index contributed by atoms with van der Waals surface area (Å²) >= 11 is 0. The lowest BCUT2D eigenvalue weighted by molar-refractivity contribution is -0.384. The number of nitrogens with zero attached hydrogens (tertiary/aromatic N) is 2. The molecule has 2 aliphatic heterocycles. The second-order valence-corrected chi connectivity index (χ2v) is 13.2. The maximum absolute atomic E-state index is 11.3. The average Bonchev–Trinajstić information content (AvgIpc) is 3.19. The Morgan fingerprint density at radius 1 is 0.791 bits per heavy atom. The minimum atomic E-state index is -0.630. The molecule has 43 heavy (non-hydrogen) atoms. The molecule has 5 nitrogen and oxygen atoms in total. The van der Waals surface area contributed by atoms with Crippen LogP contribution in [0, 0.1) is 10.1 Å². The number of nitro groups is 1. The van der Waals surface area contributed by atoms with Crippen LogP contribution in [0.15, 0.2) is 60.7 Å². The lowest BCUT2D eigenvalue weighted by atomic mass is 9.76. The van der Waals surface area contributed by atoms with Gasteiger partial charge in [0.2, 0.25) is 5.72 Å². The van der Waals surface area contributed by atoms with Crippen LogP contribution in [0.1, 0.15) is 122 Å².